The molecule has 0 amide bonds. The third-order valence-electron chi connectivity index (χ3n) is 2.02. The molecule has 0 spiro atoms. The van der Waals surface area contributed by atoms with Gasteiger partial charge in [0.2, 0.25) is 0 Å². The van der Waals surface area contributed by atoms with E-state index in [0.29, 0.717) is 0 Å². The van der Waals surface area contributed by atoms with Crippen molar-refractivity contribution in [2.24, 2.45) is 0 Å². The van der Waals surface area contributed by atoms with Crippen LogP contribution in [0.25, 0.3) is 5.69 Å². The van der Waals surface area contributed by atoms with Gasteiger partial charge in [0, 0.05) is 0 Å². The van der Waals surface area contributed by atoms with Gasteiger partial charge in [0.25, 0.3) is 0 Å². The highest BCUT2D eigenvalue weighted by molar-refractivity contribution is 5.92. The van der Waals surface area contributed by atoms with E-state index in [1.54, 1.807) is 0 Å². The molecule has 2 N–H and O–H groups in total. The highest BCUT2D eigenvalue weighted by Gasteiger charge is 2.17. The molecule has 82 valence electrons. The fourth-order valence-electron chi connectivity index (χ4n) is 1.34. The lowest BCUT2D eigenvalue weighted by Crippen LogP contribution is -2.18. The third kappa shape index (κ3) is 1.48. The summed E-state index contributed by atoms with van der Waals surface area (Å²) in [5.41, 5.74) is -1.26. The quantitative estimate of drug-likeness (QED) is 0.771. The van der Waals surface area contributed by atoms with E-state index in [2.05, 4.69) is 10.2 Å². The molecule has 0 fully saturated rings. The number of hydrogen-bond donors (Lipinski definition) is 2. The van der Waals surface area contributed by atoms with Crippen molar-refractivity contribution in [3.8, 4) is 5.69 Å². The van der Waals surface area contributed by atoms with E-state index in [1.165, 1.54) is 12.1 Å². The minimum atomic E-state index is -1.44. The Bertz CT molecular complexity index is 602. The van der Waals surface area contributed by atoms with Crippen molar-refractivity contribution in [1.29, 1.82) is 0 Å². The van der Waals surface area contributed by atoms with E-state index in [4.69, 9.17) is 5.11 Å². The van der Waals surface area contributed by atoms with E-state index < -0.39 is 23.0 Å². The molecule has 0 aliphatic rings. The minimum Gasteiger partial charge on any atom is -0.478 e. The highest BCUT2D eigenvalue weighted by atomic mass is 19.1. The van der Waals surface area contributed by atoms with Crippen LogP contribution in [0.5, 0.6) is 0 Å². The van der Waals surface area contributed by atoms with Gasteiger partial charge in [-0.3, -0.25) is 0 Å². The van der Waals surface area contributed by atoms with Gasteiger partial charge in [-0.25, -0.2) is 23.6 Å². The van der Waals surface area contributed by atoms with Crippen LogP contribution in [0.15, 0.2) is 29.3 Å². The number of hydrogen-bond acceptors (Lipinski definition) is 3. The first-order chi connectivity index (χ1) is 7.61. The van der Waals surface area contributed by atoms with Crippen LogP contribution < -0.4 is 5.69 Å². The van der Waals surface area contributed by atoms with Crippen molar-refractivity contribution in [1.82, 2.24) is 14.8 Å². The molecule has 1 aromatic carbocycles. The number of aromatic nitrogens is 3. The molecule has 0 atom stereocenters. The molecule has 0 unspecified atom stereocenters. The Kier molecular flexibility index (Phi) is 2.28. The van der Waals surface area contributed by atoms with Gasteiger partial charge in [-0.05, 0) is 12.1 Å². The van der Waals surface area contributed by atoms with Crippen LogP contribution in [0.3, 0.4) is 0 Å². The van der Waals surface area contributed by atoms with Gasteiger partial charge < -0.3 is 5.11 Å². The number of carbonyl (C=O) groups is 1. The van der Waals surface area contributed by atoms with Crippen molar-refractivity contribution in [2.45, 2.75) is 0 Å². The Labute approximate surface area is 88.0 Å². The topological polar surface area (TPSA) is 88.0 Å². The van der Waals surface area contributed by atoms with Crippen LogP contribution in [-0.2, 0) is 0 Å². The molecule has 6 nitrogen and oxygen atoms in total. The number of carboxylic acid groups (broad SMARTS) is 1. The second-order valence-corrected chi connectivity index (χ2v) is 2.97. The van der Waals surface area contributed by atoms with Gasteiger partial charge in [0.15, 0.2) is 0 Å². The lowest BCUT2D eigenvalue weighted by atomic mass is 10.1. The molecule has 0 radical (unpaired) electrons. The number of carboxylic acids is 1. The van der Waals surface area contributed by atoms with Crippen molar-refractivity contribution in [3.05, 3.63) is 46.4 Å². The van der Waals surface area contributed by atoms with Crippen molar-refractivity contribution >= 4 is 5.97 Å². The first-order valence-corrected chi connectivity index (χ1v) is 4.25. The predicted octanol–water partition coefficient (Wildman–Crippen LogP) is 0.398. The summed E-state index contributed by atoms with van der Waals surface area (Å²) in [7, 11) is 0. The summed E-state index contributed by atoms with van der Waals surface area (Å²) < 4.78 is 14.2. The Balaban J connectivity index is 2.76. The van der Waals surface area contributed by atoms with E-state index in [-0.39, 0.29) is 5.69 Å². The van der Waals surface area contributed by atoms with Crippen molar-refractivity contribution in [2.75, 3.05) is 0 Å². The summed E-state index contributed by atoms with van der Waals surface area (Å²) in [6.07, 6.45) is 1.09. The monoisotopic (exact) mass is 223 g/mol. The normalized spacial score (nSPS) is 10.3. The molecule has 7 heteroatoms. The Hall–Kier alpha value is -2.44. The van der Waals surface area contributed by atoms with E-state index in [9.17, 15) is 14.0 Å². The molecule has 0 saturated heterocycles. The van der Waals surface area contributed by atoms with E-state index in [0.717, 1.165) is 17.0 Å². The predicted molar refractivity (Wildman–Crippen MR) is 51.1 cm³/mol. The van der Waals surface area contributed by atoms with Crippen LogP contribution in [0.4, 0.5) is 4.39 Å². The van der Waals surface area contributed by atoms with Crippen molar-refractivity contribution < 1.29 is 14.3 Å². The molecule has 0 aliphatic carbocycles. The Morgan fingerprint density at radius 1 is 1.50 bits per heavy atom. The summed E-state index contributed by atoms with van der Waals surface area (Å²) in [4.78, 5) is 22.1. The van der Waals surface area contributed by atoms with Gasteiger partial charge in [0.1, 0.15) is 17.7 Å². The first-order valence-electron chi connectivity index (χ1n) is 4.25. The summed E-state index contributed by atoms with van der Waals surface area (Å²) >= 11 is 0. The van der Waals surface area contributed by atoms with Gasteiger partial charge in [-0.1, -0.05) is 6.07 Å². The molecular weight excluding hydrogens is 217 g/mol. The van der Waals surface area contributed by atoms with Crippen LogP contribution in [0.1, 0.15) is 10.4 Å². The molecule has 1 heterocycles. The van der Waals surface area contributed by atoms with E-state index in [1.807, 2.05) is 0 Å². The zero-order valence-electron chi connectivity index (χ0n) is 7.85. The number of benzene rings is 1. The SMILES string of the molecule is O=C(O)c1c(F)cccc1-n1cn[nH]c1=O. The fourth-order valence-corrected chi connectivity index (χ4v) is 1.34. The number of halogens is 1. The smallest absolute Gasteiger partial charge is 0.347 e. The van der Waals surface area contributed by atoms with Gasteiger partial charge >= 0.3 is 11.7 Å². The molecule has 16 heavy (non-hydrogen) atoms. The molecule has 2 rings (SSSR count). The average molecular weight is 223 g/mol. The lowest BCUT2D eigenvalue weighted by molar-refractivity contribution is 0.0692. The number of nitrogens with zero attached hydrogens (tertiary/aromatic N) is 2. The average Bonchev–Trinajstić information content (AvgIpc) is 2.63. The number of aromatic amines is 1. The first kappa shape index (κ1) is 10.1. The van der Waals surface area contributed by atoms with Crippen LogP contribution in [-0.4, -0.2) is 25.8 Å². The second kappa shape index (κ2) is 3.61. The van der Waals surface area contributed by atoms with Crippen molar-refractivity contribution in [3.63, 3.8) is 0 Å². The zero-order chi connectivity index (χ0) is 11.7. The molecule has 0 bridgehead atoms. The minimum absolute atomic E-state index is 0.0637. The molecule has 0 aliphatic heterocycles. The maximum atomic E-state index is 13.3. The largest absolute Gasteiger partial charge is 0.478 e. The summed E-state index contributed by atoms with van der Waals surface area (Å²) in [6.45, 7) is 0. The Morgan fingerprint density at radius 3 is 2.81 bits per heavy atom. The third-order valence-corrected chi connectivity index (χ3v) is 2.02. The molecular formula is C9H6FN3O3. The molecule has 1 aromatic heterocycles. The number of H-pyrrole nitrogens is 1. The molecule has 2 aromatic rings. The Morgan fingerprint density at radius 2 is 2.25 bits per heavy atom. The standard InChI is InChI=1S/C9H6FN3O3/c10-5-2-1-3-6(7(5)8(14)15)13-4-11-12-9(13)16/h1-4H,(H,12,16)(H,14,15). The second-order valence-electron chi connectivity index (χ2n) is 2.97. The fraction of sp³-hybridized carbons (Fsp3) is 0. The van der Waals surface area contributed by atoms with Gasteiger partial charge in [0.05, 0.1) is 5.69 Å². The van der Waals surface area contributed by atoms with Gasteiger partial charge in [-0.2, -0.15) is 5.10 Å². The van der Waals surface area contributed by atoms with E-state index >= 15 is 0 Å². The van der Waals surface area contributed by atoms with Crippen LogP contribution in [0.2, 0.25) is 0 Å². The maximum Gasteiger partial charge on any atom is 0.347 e. The molecule has 0 saturated carbocycles. The summed E-state index contributed by atoms with van der Waals surface area (Å²) in [5, 5.41) is 14.4. The number of rotatable bonds is 2. The summed E-state index contributed by atoms with van der Waals surface area (Å²) in [5.74, 6) is -2.35. The van der Waals surface area contributed by atoms with Crippen LogP contribution >= 0.6 is 0 Å². The highest BCUT2D eigenvalue weighted by Crippen LogP contribution is 2.16. The van der Waals surface area contributed by atoms with Crippen LogP contribution in [0, 0.1) is 5.82 Å². The zero-order valence-corrected chi connectivity index (χ0v) is 7.85. The lowest BCUT2D eigenvalue weighted by Gasteiger charge is -2.05. The van der Waals surface area contributed by atoms with Gasteiger partial charge in [-0.15, -0.1) is 0 Å². The number of nitrogens with one attached hydrogen (secondary N) is 1. The maximum absolute atomic E-state index is 13.3. The number of aromatic carboxylic acids is 1. The summed E-state index contributed by atoms with van der Waals surface area (Å²) in [6, 6.07) is 3.65.